The zero-order valence-corrected chi connectivity index (χ0v) is 11.3. The van der Waals surface area contributed by atoms with Gasteiger partial charge in [-0.2, -0.15) is 0 Å². The van der Waals surface area contributed by atoms with Crippen LogP contribution in [-0.4, -0.2) is 24.1 Å². The van der Waals surface area contributed by atoms with Gasteiger partial charge < -0.3 is 10.2 Å². The molecule has 17 heavy (non-hydrogen) atoms. The molecule has 0 amide bonds. The number of rotatable bonds is 5. The first-order valence-electron chi connectivity index (χ1n) is 5.96. The molecular weight excluding hydrogens is 210 g/mol. The van der Waals surface area contributed by atoms with E-state index in [9.17, 15) is 0 Å². The van der Waals surface area contributed by atoms with E-state index in [-0.39, 0.29) is 5.54 Å². The largest absolute Gasteiger partial charge is 0.361 e. The molecule has 0 bridgehead atoms. The van der Waals surface area contributed by atoms with Gasteiger partial charge in [-0.15, -0.1) is 6.58 Å². The van der Waals surface area contributed by atoms with Crippen LogP contribution in [0.15, 0.2) is 31.1 Å². The topological polar surface area (TPSA) is 28.2 Å². The lowest BCUT2D eigenvalue weighted by atomic mass is 10.0. The van der Waals surface area contributed by atoms with Gasteiger partial charge in [0.15, 0.2) is 0 Å². The molecule has 0 aliphatic heterocycles. The van der Waals surface area contributed by atoms with Crippen molar-refractivity contribution in [2.75, 3.05) is 18.5 Å². The normalized spacial score (nSPS) is 11.3. The van der Waals surface area contributed by atoms with Gasteiger partial charge in [-0.1, -0.05) is 6.08 Å². The molecule has 1 N–H and O–H groups in total. The van der Waals surface area contributed by atoms with Crippen molar-refractivity contribution in [1.82, 2.24) is 10.3 Å². The van der Waals surface area contributed by atoms with E-state index in [1.54, 1.807) is 0 Å². The molecule has 0 atom stereocenters. The molecule has 1 rings (SSSR count). The van der Waals surface area contributed by atoms with E-state index >= 15 is 0 Å². The third-order valence-electron chi connectivity index (χ3n) is 2.67. The highest BCUT2D eigenvalue weighted by molar-refractivity contribution is 5.54. The Morgan fingerprint density at radius 3 is 2.71 bits per heavy atom. The van der Waals surface area contributed by atoms with E-state index in [0.717, 1.165) is 13.1 Å². The Morgan fingerprint density at radius 1 is 1.47 bits per heavy atom. The van der Waals surface area contributed by atoms with E-state index in [0.29, 0.717) is 0 Å². The first kappa shape index (κ1) is 13.7. The lowest BCUT2D eigenvalue weighted by Gasteiger charge is -2.38. The third kappa shape index (κ3) is 3.56. The molecule has 0 fully saturated rings. The lowest BCUT2D eigenvalue weighted by Crippen LogP contribution is -2.42. The number of aromatic nitrogens is 1. The summed E-state index contributed by atoms with van der Waals surface area (Å²) in [6, 6.07) is 2.06. The van der Waals surface area contributed by atoms with E-state index < -0.39 is 0 Å². The highest BCUT2D eigenvalue weighted by Crippen LogP contribution is 2.26. The van der Waals surface area contributed by atoms with Crippen molar-refractivity contribution in [2.45, 2.75) is 32.9 Å². The molecule has 0 saturated heterocycles. The van der Waals surface area contributed by atoms with Crippen LogP contribution in [0.2, 0.25) is 0 Å². The maximum absolute atomic E-state index is 4.24. The summed E-state index contributed by atoms with van der Waals surface area (Å²) in [5, 5.41) is 3.19. The monoisotopic (exact) mass is 233 g/mol. The van der Waals surface area contributed by atoms with Crippen molar-refractivity contribution >= 4 is 5.69 Å². The summed E-state index contributed by atoms with van der Waals surface area (Å²) in [5.41, 5.74) is 2.49. The number of pyridine rings is 1. The fraction of sp³-hybridized carbons (Fsp3) is 0.500. The number of nitrogens with zero attached hydrogens (tertiary/aromatic N) is 2. The van der Waals surface area contributed by atoms with Gasteiger partial charge >= 0.3 is 0 Å². The smallest absolute Gasteiger partial charge is 0.0605 e. The lowest BCUT2D eigenvalue weighted by molar-refractivity contribution is 0.519. The fourth-order valence-electron chi connectivity index (χ4n) is 1.86. The molecule has 0 aromatic carbocycles. The Hall–Kier alpha value is -1.35. The van der Waals surface area contributed by atoms with Crippen LogP contribution in [0.3, 0.4) is 0 Å². The Balaban J connectivity index is 3.13. The highest BCUT2D eigenvalue weighted by atomic mass is 15.2. The standard InChI is InChI=1S/C14H23N3/c1-6-9-17(14(2,3)4)13-11-16-8-7-12(13)10-15-5/h6-8,11,15H,1,9-10H2,2-5H3. The maximum Gasteiger partial charge on any atom is 0.0605 e. The Bertz CT molecular complexity index is 366. The minimum absolute atomic E-state index is 0.0553. The zero-order chi connectivity index (χ0) is 12.9. The molecule has 1 aromatic rings. The average molecular weight is 233 g/mol. The summed E-state index contributed by atoms with van der Waals surface area (Å²) in [6.07, 6.45) is 5.70. The molecule has 0 radical (unpaired) electrons. The van der Waals surface area contributed by atoms with Crippen molar-refractivity contribution in [3.8, 4) is 0 Å². The number of nitrogens with one attached hydrogen (secondary N) is 1. The average Bonchev–Trinajstić information content (AvgIpc) is 2.26. The molecule has 0 spiro atoms. The molecule has 0 saturated carbocycles. The van der Waals surface area contributed by atoms with Crippen LogP contribution in [0.1, 0.15) is 26.3 Å². The molecule has 94 valence electrons. The van der Waals surface area contributed by atoms with Gasteiger partial charge in [0.2, 0.25) is 0 Å². The number of anilines is 1. The second-order valence-corrected chi connectivity index (χ2v) is 5.10. The second kappa shape index (κ2) is 5.82. The predicted molar refractivity (Wildman–Crippen MR) is 74.3 cm³/mol. The molecule has 1 heterocycles. The van der Waals surface area contributed by atoms with Gasteiger partial charge in [0.05, 0.1) is 11.9 Å². The van der Waals surface area contributed by atoms with Crippen molar-refractivity contribution in [1.29, 1.82) is 0 Å². The van der Waals surface area contributed by atoms with E-state index in [4.69, 9.17) is 0 Å². The summed E-state index contributed by atoms with van der Waals surface area (Å²) < 4.78 is 0. The number of hydrogen-bond donors (Lipinski definition) is 1. The highest BCUT2D eigenvalue weighted by Gasteiger charge is 2.22. The second-order valence-electron chi connectivity index (χ2n) is 5.10. The number of hydrogen-bond acceptors (Lipinski definition) is 3. The molecular formula is C14H23N3. The van der Waals surface area contributed by atoms with Crippen LogP contribution in [0.5, 0.6) is 0 Å². The summed E-state index contributed by atoms with van der Waals surface area (Å²) in [6.45, 7) is 12.1. The first-order chi connectivity index (χ1) is 8.00. The van der Waals surface area contributed by atoms with E-state index in [2.05, 4.69) is 48.6 Å². The van der Waals surface area contributed by atoms with Gasteiger partial charge in [-0.05, 0) is 39.4 Å². The quantitative estimate of drug-likeness (QED) is 0.792. The van der Waals surface area contributed by atoms with Gasteiger partial charge in [-0.3, -0.25) is 4.98 Å². The van der Waals surface area contributed by atoms with Crippen LogP contribution in [0.25, 0.3) is 0 Å². The van der Waals surface area contributed by atoms with Crippen LogP contribution >= 0.6 is 0 Å². The molecule has 1 aromatic heterocycles. The first-order valence-corrected chi connectivity index (χ1v) is 5.96. The molecule has 3 nitrogen and oxygen atoms in total. The van der Waals surface area contributed by atoms with Crippen LogP contribution in [-0.2, 0) is 6.54 Å². The van der Waals surface area contributed by atoms with Crippen molar-refractivity contribution in [3.63, 3.8) is 0 Å². The van der Waals surface area contributed by atoms with Crippen LogP contribution in [0, 0.1) is 0 Å². The zero-order valence-electron chi connectivity index (χ0n) is 11.3. The van der Waals surface area contributed by atoms with Gasteiger partial charge in [-0.25, -0.2) is 0 Å². The Labute approximate surface area is 105 Å². The third-order valence-corrected chi connectivity index (χ3v) is 2.67. The van der Waals surface area contributed by atoms with Gasteiger partial charge in [0.1, 0.15) is 0 Å². The van der Waals surface area contributed by atoms with Gasteiger partial charge in [0.25, 0.3) is 0 Å². The van der Waals surface area contributed by atoms with Crippen LogP contribution < -0.4 is 10.2 Å². The summed E-state index contributed by atoms with van der Waals surface area (Å²) in [7, 11) is 1.96. The summed E-state index contributed by atoms with van der Waals surface area (Å²) >= 11 is 0. The summed E-state index contributed by atoms with van der Waals surface area (Å²) in [4.78, 5) is 6.56. The fourth-order valence-corrected chi connectivity index (χ4v) is 1.86. The predicted octanol–water partition coefficient (Wildman–Crippen LogP) is 2.59. The molecule has 3 heteroatoms. The Kier molecular flexibility index (Phi) is 4.70. The molecule has 0 unspecified atom stereocenters. The van der Waals surface area contributed by atoms with E-state index in [1.807, 2.05) is 25.5 Å². The van der Waals surface area contributed by atoms with E-state index in [1.165, 1.54) is 11.3 Å². The minimum atomic E-state index is 0.0553. The van der Waals surface area contributed by atoms with Crippen molar-refractivity contribution < 1.29 is 0 Å². The Morgan fingerprint density at radius 2 is 2.18 bits per heavy atom. The van der Waals surface area contributed by atoms with Gasteiger partial charge in [0, 0.05) is 24.8 Å². The summed E-state index contributed by atoms with van der Waals surface area (Å²) in [5.74, 6) is 0. The van der Waals surface area contributed by atoms with Crippen molar-refractivity contribution in [2.24, 2.45) is 0 Å². The minimum Gasteiger partial charge on any atom is -0.361 e. The maximum atomic E-state index is 4.24. The molecule has 0 aliphatic rings. The molecule has 0 aliphatic carbocycles. The van der Waals surface area contributed by atoms with Crippen molar-refractivity contribution in [3.05, 3.63) is 36.7 Å². The SMILES string of the molecule is C=CCN(c1cnccc1CNC)C(C)(C)C. The van der Waals surface area contributed by atoms with Crippen LogP contribution in [0.4, 0.5) is 5.69 Å².